The van der Waals surface area contributed by atoms with Crippen molar-refractivity contribution in [2.45, 2.75) is 43.3 Å². The zero-order chi connectivity index (χ0) is 16.4. The number of Topliss-reactive ketones (excluding diaryl/α,β-unsaturated/α-hetero) is 1. The molecule has 1 fully saturated rings. The van der Waals surface area contributed by atoms with Gasteiger partial charge in [0.1, 0.15) is 11.0 Å². The topological polar surface area (TPSA) is 77.5 Å². The first-order valence-electron chi connectivity index (χ1n) is 7.30. The van der Waals surface area contributed by atoms with Gasteiger partial charge in [0.05, 0.1) is 16.9 Å². The minimum atomic E-state index is -3.80. The third kappa shape index (κ3) is 3.21. The third-order valence-electron chi connectivity index (χ3n) is 4.04. The van der Waals surface area contributed by atoms with Crippen LogP contribution in [0.2, 0.25) is 0 Å². The molecule has 0 spiro atoms. The first-order chi connectivity index (χ1) is 10.3. The van der Waals surface area contributed by atoms with Crippen LogP contribution in [0.4, 0.5) is 0 Å². The Morgan fingerprint density at radius 3 is 2.27 bits per heavy atom. The lowest BCUT2D eigenvalue weighted by atomic mass is 9.98. The number of rotatable bonds is 7. The normalized spacial score (nSPS) is 17.5. The zero-order valence-electron chi connectivity index (χ0n) is 12.7. The van der Waals surface area contributed by atoms with Gasteiger partial charge < -0.3 is 4.74 Å². The molecule has 0 aromatic heterocycles. The average Bonchev–Trinajstić information content (AvgIpc) is 3.26. The van der Waals surface area contributed by atoms with E-state index in [-0.39, 0.29) is 17.9 Å². The Labute approximate surface area is 130 Å². The summed E-state index contributed by atoms with van der Waals surface area (Å²) in [5.74, 6) is -0.844. The second-order valence-corrected chi connectivity index (χ2v) is 7.79. The number of ether oxygens (including phenoxy) is 1. The Morgan fingerprint density at radius 1 is 1.23 bits per heavy atom. The van der Waals surface area contributed by atoms with Gasteiger partial charge in [-0.05, 0) is 45.2 Å². The average molecular weight is 324 g/mol. The summed E-state index contributed by atoms with van der Waals surface area (Å²) in [6, 6.07) is 7.87. The van der Waals surface area contributed by atoms with Crippen LogP contribution in [0, 0.1) is 5.41 Å². The highest BCUT2D eigenvalue weighted by Crippen LogP contribution is 2.51. The summed E-state index contributed by atoms with van der Waals surface area (Å²) in [7, 11) is -3.80. The maximum atomic E-state index is 12.7. The minimum Gasteiger partial charge on any atom is -0.466 e. The van der Waals surface area contributed by atoms with Crippen molar-refractivity contribution < 1.29 is 22.7 Å². The Morgan fingerprint density at radius 2 is 1.82 bits per heavy atom. The highest BCUT2D eigenvalue weighted by molar-refractivity contribution is 7.92. The summed E-state index contributed by atoms with van der Waals surface area (Å²) < 4.78 is 30.4. The van der Waals surface area contributed by atoms with Crippen LogP contribution in [0.1, 0.15) is 33.1 Å². The van der Waals surface area contributed by atoms with Crippen molar-refractivity contribution in [2.75, 3.05) is 6.61 Å². The van der Waals surface area contributed by atoms with Gasteiger partial charge in [0.2, 0.25) is 0 Å². The van der Waals surface area contributed by atoms with Crippen molar-refractivity contribution in [3.05, 3.63) is 30.3 Å². The maximum Gasteiger partial charge on any atom is 0.312 e. The van der Waals surface area contributed by atoms with E-state index in [2.05, 4.69) is 0 Å². The molecule has 0 N–H and O–H groups in total. The second kappa shape index (κ2) is 6.20. The number of hydrogen-bond donors (Lipinski definition) is 0. The van der Waals surface area contributed by atoms with E-state index in [1.165, 1.54) is 19.1 Å². The van der Waals surface area contributed by atoms with Crippen LogP contribution in [0.5, 0.6) is 0 Å². The van der Waals surface area contributed by atoms with Crippen LogP contribution in [0.15, 0.2) is 35.2 Å². The summed E-state index contributed by atoms with van der Waals surface area (Å²) in [6.07, 6.45) is 1.14. The zero-order valence-corrected chi connectivity index (χ0v) is 13.6. The van der Waals surface area contributed by atoms with Gasteiger partial charge in [-0.25, -0.2) is 8.42 Å². The molecule has 6 heteroatoms. The highest BCUT2D eigenvalue weighted by atomic mass is 32.2. The van der Waals surface area contributed by atoms with Crippen molar-refractivity contribution in [3.63, 3.8) is 0 Å². The van der Waals surface area contributed by atoms with Crippen LogP contribution in [-0.4, -0.2) is 32.0 Å². The van der Waals surface area contributed by atoms with Crippen LogP contribution in [-0.2, 0) is 24.2 Å². The van der Waals surface area contributed by atoms with E-state index in [1.807, 2.05) is 0 Å². The number of ketones is 1. The second-order valence-electron chi connectivity index (χ2n) is 5.66. The summed E-state index contributed by atoms with van der Waals surface area (Å²) in [4.78, 5) is 24.0. The van der Waals surface area contributed by atoms with Crippen LogP contribution in [0.3, 0.4) is 0 Å². The molecule has 1 aromatic carbocycles. The molecule has 0 bridgehead atoms. The van der Waals surface area contributed by atoms with Gasteiger partial charge in [-0.3, -0.25) is 9.59 Å². The fraction of sp³-hybridized carbons (Fsp3) is 0.500. The number of hydrogen-bond acceptors (Lipinski definition) is 5. The molecule has 1 atom stereocenters. The SMILES string of the molecule is CCOC(=O)C1(CC(C(C)=O)S(=O)(=O)c2ccccc2)CC1. The van der Waals surface area contributed by atoms with Crippen LogP contribution < -0.4 is 0 Å². The lowest BCUT2D eigenvalue weighted by molar-refractivity contribution is -0.150. The summed E-state index contributed by atoms with van der Waals surface area (Å²) in [6.45, 7) is 3.21. The monoisotopic (exact) mass is 324 g/mol. The quantitative estimate of drug-likeness (QED) is 0.718. The molecular weight excluding hydrogens is 304 g/mol. The molecule has 22 heavy (non-hydrogen) atoms. The van der Waals surface area contributed by atoms with Gasteiger partial charge in [-0.1, -0.05) is 18.2 Å². The fourth-order valence-electron chi connectivity index (χ4n) is 2.53. The molecule has 0 saturated heterocycles. The Balaban J connectivity index is 2.29. The Kier molecular flexibility index (Phi) is 4.70. The van der Waals surface area contributed by atoms with Gasteiger partial charge in [0, 0.05) is 0 Å². The van der Waals surface area contributed by atoms with Crippen LogP contribution >= 0.6 is 0 Å². The predicted octanol–water partition coefficient (Wildman–Crippen LogP) is 2.15. The largest absolute Gasteiger partial charge is 0.466 e. The molecule has 5 nitrogen and oxygen atoms in total. The maximum absolute atomic E-state index is 12.7. The first kappa shape index (κ1) is 16.7. The van der Waals surface area contributed by atoms with E-state index < -0.39 is 32.3 Å². The molecule has 1 aromatic rings. The summed E-state index contributed by atoms with van der Waals surface area (Å²) in [5, 5.41) is -1.21. The molecule has 120 valence electrons. The number of benzene rings is 1. The van der Waals surface area contributed by atoms with E-state index in [0.717, 1.165) is 0 Å². The number of esters is 1. The summed E-state index contributed by atoms with van der Waals surface area (Å²) in [5.41, 5.74) is -0.811. The van der Waals surface area contributed by atoms with E-state index in [4.69, 9.17) is 4.74 Å². The van der Waals surface area contributed by atoms with E-state index in [0.29, 0.717) is 12.8 Å². The van der Waals surface area contributed by atoms with E-state index >= 15 is 0 Å². The van der Waals surface area contributed by atoms with Gasteiger partial charge in [0.15, 0.2) is 9.84 Å². The third-order valence-corrected chi connectivity index (χ3v) is 6.21. The predicted molar refractivity (Wildman–Crippen MR) is 81.0 cm³/mol. The highest BCUT2D eigenvalue weighted by Gasteiger charge is 2.54. The van der Waals surface area contributed by atoms with Crippen molar-refractivity contribution in [1.82, 2.24) is 0 Å². The molecule has 1 aliphatic carbocycles. The summed E-state index contributed by atoms with van der Waals surface area (Å²) >= 11 is 0. The minimum absolute atomic E-state index is 0.00159. The van der Waals surface area contributed by atoms with E-state index in [1.54, 1.807) is 25.1 Å². The fourth-order valence-corrected chi connectivity index (χ4v) is 4.37. The van der Waals surface area contributed by atoms with Gasteiger partial charge >= 0.3 is 5.97 Å². The Hall–Kier alpha value is -1.69. The van der Waals surface area contributed by atoms with E-state index in [9.17, 15) is 18.0 Å². The van der Waals surface area contributed by atoms with Gasteiger partial charge in [-0.2, -0.15) is 0 Å². The van der Waals surface area contributed by atoms with Gasteiger partial charge in [0.25, 0.3) is 0 Å². The number of sulfone groups is 1. The lowest BCUT2D eigenvalue weighted by Crippen LogP contribution is -2.34. The molecule has 1 unspecified atom stereocenters. The van der Waals surface area contributed by atoms with Crippen molar-refractivity contribution in [2.24, 2.45) is 5.41 Å². The van der Waals surface area contributed by atoms with Crippen molar-refractivity contribution in [3.8, 4) is 0 Å². The molecule has 0 radical (unpaired) electrons. The molecule has 2 rings (SSSR count). The van der Waals surface area contributed by atoms with Crippen molar-refractivity contribution in [1.29, 1.82) is 0 Å². The molecule has 0 amide bonds. The molecule has 1 saturated carbocycles. The molecule has 1 aliphatic rings. The first-order valence-corrected chi connectivity index (χ1v) is 8.85. The molecule has 0 heterocycles. The smallest absolute Gasteiger partial charge is 0.312 e. The Bertz CT molecular complexity index is 659. The standard InChI is InChI=1S/C16H20O5S/c1-3-21-15(18)16(9-10-16)11-14(12(2)17)22(19,20)13-7-5-4-6-8-13/h4-8,14H,3,9-11H2,1-2H3. The number of carbonyl (C=O) groups is 2. The van der Waals surface area contributed by atoms with Crippen molar-refractivity contribution >= 4 is 21.6 Å². The molecular formula is C16H20O5S. The lowest BCUT2D eigenvalue weighted by Gasteiger charge is -2.20. The number of carbonyl (C=O) groups excluding carboxylic acids is 2. The molecule has 0 aliphatic heterocycles. The van der Waals surface area contributed by atoms with Gasteiger partial charge in [-0.15, -0.1) is 0 Å². The van der Waals surface area contributed by atoms with Crippen LogP contribution in [0.25, 0.3) is 0 Å².